The van der Waals surface area contributed by atoms with Gasteiger partial charge in [0.05, 0.1) is 22.6 Å². The van der Waals surface area contributed by atoms with Crippen LogP contribution in [0, 0.1) is 0 Å². The standard InChI is InChI=1S/C28H34BrNO5S2/c1-4-7-8-9-14-33-21-10-12-22(13-11-21)34-15-16-35-26-23(29)17-20(18-24(26)32-6-3)19-25-27(31)30(5-2)28(36)37-25/h10-13,17-19H,4-9,14-16H2,1-3H3/b25-19+. The number of thioether (sulfide) groups is 1. The maximum atomic E-state index is 12.6. The van der Waals surface area contributed by atoms with E-state index >= 15 is 0 Å². The number of likely N-dealkylation sites (N-methyl/N-ethyl adjacent to an activating group) is 1. The van der Waals surface area contributed by atoms with E-state index in [9.17, 15) is 4.79 Å². The van der Waals surface area contributed by atoms with Gasteiger partial charge in [-0.25, -0.2) is 0 Å². The normalized spacial score (nSPS) is 14.4. The summed E-state index contributed by atoms with van der Waals surface area (Å²) in [5, 5.41) is 0. The van der Waals surface area contributed by atoms with E-state index in [1.165, 1.54) is 31.0 Å². The fourth-order valence-electron chi connectivity index (χ4n) is 3.65. The highest BCUT2D eigenvalue weighted by atomic mass is 79.9. The van der Waals surface area contributed by atoms with Gasteiger partial charge in [-0.15, -0.1) is 0 Å². The molecule has 0 aromatic heterocycles. The van der Waals surface area contributed by atoms with Crippen molar-refractivity contribution in [1.29, 1.82) is 0 Å². The van der Waals surface area contributed by atoms with Gasteiger partial charge in [0.1, 0.15) is 29.0 Å². The lowest BCUT2D eigenvalue weighted by Gasteiger charge is -2.15. The topological polar surface area (TPSA) is 57.2 Å². The van der Waals surface area contributed by atoms with Gasteiger partial charge in [0, 0.05) is 6.54 Å². The van der Waals surface area contributed by atoms with E-state index in [4.69, 9.17) is 31.2 Å². The van der Waals surface area contributed by atoms with Gasteiger partial charge in [0.15, 0.2) is 11.5 Å². The van der Waals surface area contributed by atoms with Crippen LogP contribution in [0.2, 0.25) is 0 Å². The summed E-state index contributed by atoms with van der Waals surface area (Å²) in [5.74, 6) is 2.72. The highest BCUT2D eigenvalue weighted by Gasteiger charge is 2.30. The first-order chi connectivity index (χ1) is 18.0. The molecule has 2 aromatic carbocycles. The maximum Gasteiger partial charge on any atom is 0.266 e. The van der Waals surface area contributed by atoms with Crippen molar-refractivity contribution in [3.63, 3.8) is 0 Å². The van der Waals surface area contributed by atoms with Gasteiger partial charge in [-0.2, -0.15) is 0 Å². The zero-order valence-corrected chi connectivity index (χ0v) is 24.8. The van der Waals surface area contributed by atoms with Gasteiger partial charge in [0.25, 0.3) is 5.91 Å². The SMILES string of the molecule is CCCCCCOc1ccc(OCCOc2c(Br)cc(/C=C3/SC(=S)N(CC)C3=O)cc2OCC)cc1. The number of carbonyl (C=O) groups is 1. The Kier molecular flexibility index (Phi) is 12.1. The van der Waals surface area contributed by atoms with Crippen LogP contribution in [0.5, 0.6) is 23.0 Å². The number of halogens is 1. The van der Waals surface area contributed by atoms with E-state index in [0.717, 1.165) is 34.6 Å². The van der Waals surface area contributed by atoms with E-state index in [1.54, 1.807) is 4.90 Å². The Balaban J connectivity index is 1.55. The molecule has 0 saturated carbocycles. The smallest absolute Gasteiger partial charge is 0.266 e. The van der Waals surface area contributed by atoms with E-state index < -0.39 is 0 Å². The Morgan fingerprint density at radius 3 is 2.22 bits per heavy atom. The minimum absolute atomic E-state index is 0.0735. The first-order valence-corrected chi connectivity index (χ1v) is 14.7. The molecule has 0 bridgehead atoms. The van der Waals surface area contributed by atoms with E-state index in [-0.39, 0.29) is 5.91 Å². The summed E-state index contributed by atoms with van der Waals surface area (Å²) < 4.78 is 24.8. The van der Waals surface area contributed by atoms with Crippen molar-refractivity contribution in [3.8, 4) is 23.0 Å². The molecule has 0 unspecified atom stereocenters. The van der Waals surface area contributed by atoms with Gasteiger partial charge >= 0.3 is 0 Å². The molecule has 0 N–H and O–H groups in total. The van der Waals surface area contributed by atoms with E-state index in [1.807, 2.05) is 56.3 Å². The summed E-state index contributed by atoms with van der Waals surface area (Å²) >= 11 is 10.2. The molecule has 6 nitrogen and oxygen atoms in total. The highest BCUT2D eigenvalue weighted by molar-refractivity contribution is 9.10. The molecule has 0 spiro atoms. The number of nitrogens with zero attached hydrogens (tertiary/aromatic N) is 1. The van der Waals surface area contributed by atoms with Crippen LogP contribution >= 0.6 is 39.9 Å². The lowest BCUT2D eigenvalue weighted by Crippen LogP contribution is -2.27. The molecule has 0 aliphatic carbocycles. The van der Waals surface area contributed by atoms with Crippen LogP contribution in [0.3, 0.4) is 0 Å². The van der Waals surface area contributed by atoms with Crippen LogP contribution in [0.15, 0.2) is 45.8 Å². The second-order valence-corrected chi connectivity index (χ2v) is 10.8. The molecule has 2 aromatic rings. The van der Waals surface area contributed by atoms with Crippen molar-refractivity contribution in [2.45, 2.75) is 46.5 Å². The first-order valence-electron chi connectivity index (χ1n) is 12.7. The molecule has 37 heavy (non-hydrogen) atoms. The van der Waals surface area contributed by atoms with Crippen LogP contribution in [0.4, 0.5) is 0 Å². The number of rotatable bonds is 15. The van der Waals surface area contributed by atoms with Crippen LogP contribution in [0.1, 0.15) is 52.0 Å². The quantitative estimate of drug-likeness (QED) is 0.118. The van der Waals surface area contributed by atoms with Gasteiger partial charge < -0.3 is 18.9 Å². The third kappa shape index (κ3) is 8.65. The molecule has 9 heteroatoms. The zero-order chi connectivity index (χ0) is 26.6. The predicted octanol–water partition coefficient (Wildman–Crippen LogP) is 7.49. The minimum Gasteiger partial charge on any atom is -0.494 e. The molecule has 1 fully saturated rings. The number of benzene rings is 2. The fourth-order valence-corrected chi connectivity index (χ4v) is 5.61. The number of thiocarbonyl (C=S) groups is 1. The van der Waals surface area contributed by atoms with Crippen molar-refractivity contribution < 1.29 is 23.7 Å². The van der Waals surface area contributed by atoms with Crippen molar-refractivity contribution in [3.05, 3.63) is 51.3 Å². The van der Waals surface area contributed by atoms with Crippen LogP contribution in [0.25, 0.3) is 6.08 Å². The molecule has 1 aliphatic rings. The largest absolute Gasteiger partial charge is 0.494 e. The summed E-state index contributed by atoms with van der Waals surface area (Å²) in [6, 6.07) is 11.4. The van der Waals surface area contributed by atoms with Gasteiger partial charge in [-0.1, -0.05) is 50.2 Å². The Morgan fingerprint density at radius 2 is 1.59 bits per heavy atom. The molecule has 3 rings (SSSR count). The van der Waals surface area contributed by atoms with E-state index in [2.05, 4.69) is 22.9 Å². The average Bonchev–Trinajstić information content (AvgIpc) is 3.15. The monoisotopic (exact) mass is 607 g/mol. The third-order valence-electron chi connectivity index (χ3n) is 5.51. The summed E-state index contributed by atoms with van der Waals surface area (Å²) in [6.45, 7) is 8.51. The summed E-state index contributed by atoms with van der Waals surface area (Å²) in [5.41, 5.74) is 0.822. The van der Waals surface area contributed by atoms with Crippen LogP contribution < -0.4 is 18.9 Å². The molecule has 1 amide bonds. The van der Waals surface area contributed by atoms with Gasteiger partial charge in [0.2, 0.25) is 0 Å². The Labute approximate surface area is 237 Å². The molecule has 200 valence electrons. The average molecular weight is 609 g/mol. The van der Waals surface area contributed by atoms with Crippen molar-refractivity contribution in [2.75, 3.05) is 33.0 Å². The van der Waals surface area contributed by atoms with Gasteiger partial charge in [-0.3, -0.25) is 9.69 Å². The summed E-state index contributed by atoms with van der Waals surface area (Å²) in [7, 11) is 0. The number of amides is 1. The molecule has 0 radical (unpaired) electrons. The van der Waals surface area contributed by atoms with Crippen LogP contribution in [-0.4, -0.2) is 48.1 Å². The van der Waals surface area contributed by atoms with Crippen molar-refractivity contribution >= 4 is 56.2 Å². The fraction of sp³-hybridized carbons (Fsp3) is 0.429. The molecule has 1 saturated heterocycles. The number of carbonyl (C=O) groups excluding carboxylic acids is 1. The Bertz CT molecular complexity index is 1090. The molecule has 0 atom stereocenters. The van der Waals surface area contributed by atoms with Gasteiger partial charge in [-0.05, 0) is 84.2 Å². The molecule has 1 heterocycles. The Hall–Kier alpha value is -2.23. The number of ether oxygens (including phenoxy) is 4. The zero-order valence-electron chi connectivity index (χ0n) is 21.6. The lowest BCUT2D eigenvalue weighted by molar-refractivity contribution is -0.121. The summed E-state index contributed by atoms with van der Waals surface area (Å²) in [6.07, 6.45) is 6.57. The second kappa shape index (κ2) is 15.2. The Morgan fingerprint density at radius 1 is 0.919 bits per heavy atom. The molecule has 1 aliphatic heterocycles. The predicted molar refractivity (Wildman–Crippen MR) is 158 cm³/mol. The van der Waals surface area contributed by atoms with Crippen LogP contribution in [-0.2, 0) is 4.79 Å². The number of unbranched alkanes of at least 4 members (excludes halogenated alkanes) is 3. The van der Waals surface area contributed by atoms with Crippen molar-refractivity contribution in [1.82, 2.24) is 4.90 Å². The van der Waals surface area contributed by atoms with Crippen molar-refractivity contribution in [2.24, 2.45) is 0 Å². The molecular weight excluding hydrogens is 574 g/mol. The first kappa shape index (κ1) is 29.3. The second-order valence-electron chi connectivity index (χ2n) is 8.27. The lowest BCUT2D eigenvalue weighted by atomic mass is 10.2. The molecular formula is C28H34BrNO5S2. The number of hydrogen-bond acceptors (Lipinski definition) is 7. The number of hydrogen-bond donors (Lipinski definition) is 0. The maximum absolute atomic E-state index is 12.6. The third-order valence-corrected chi connectivity index (χ3v) is 7.47. The summed E-state index contributed by atoms with van der Waals surface area (Å²) in [4.78, 5) is 14.8. The minimum atomic E-state index is -0.0735. The van der Waals surface area contributed by atoms with E-state index in [0.29, 0.717) is 47.1 Å². The highest BCUT2D eigenvalue weighted by Crippen LogP contribution is 2.39.